The lowest BCUT2D eigenvalue weighted by atomic mass is 10.0. The fourth-order valence-electron chi connectivity index (χ4n) is 4.18. The molecule has 0 aliphatic rings. The number of hydrogen-bond acceptors (Lipinski definition) is 7. The van der Waals surface area contributed by atoms with E-state index in [1.807, 2.05) is 13.8 Å². The number of Topliss-reactive ketones (excluding diaryl/α,β-unsaturated/α-hetero) is 2. The van der Waals surface area contributed by atoms with Crippen molar-refractivity contribution in [1.29, 1.82) is 0 Å². The maximum atomic E-state index is 12.3. The quantitative estimate of drug-likeness (QED) is 0.174. The zero-order valence-corrected chi connectivity index (χ0v) is 22.9. The molecular weight excluding hydrogens is 488 g/mol. The number of phenolic OH excluding ortho intramolecular Hbond substituents is 1. The highest BCUT2D eigenvalue weighted by Crippen LogP contribution is 2.35. The van der Waals surface area contributed by atoms with Crippen LogP contribution in [0.5, 0.6) is 23.0 Å². The highest BCUT2D eigenvalue weighted by Gasteiger charge is 2.19. The smallest absolute Gasteiger partial charge is 0.303 e. The third kappa shape index (κ3) is 8.78. The van der Waals surface area contributed by atoms with E-state index in [9.17, 15) is 19.5 Å². The number of ketones is 2. The van der Waals surface area contributed by atoms with Gasteiger partial charge in [-0.05, 0) is 63.8 Å². The Hall–Kier alpha value is -3.55. The number of aromatic hydroxyl groups is 1. The summed E-state index contributed by atoms with van der Waals surface area (Å²) in [6, 6.07) is 6.80. The average molecular weight is 529 g/mol. The third-order valence-electron chi connectivity index (χ3n) is 6.05. The van der Waals surface area contributed by atoms with Crippen molar-refractivity contribution in [3.63, 3.8) is 0 Å². The lowest BCUT2D eigenvalue weighted by molar-refractivity contribution is -0.137. The number of carboxylic acid groups (broad SMARTS) is 1. The van der Waals surface area contributed by atoms with Crippen molar-refractivity contribution in [3.05, 3.63) is 46.5 Å². The number of phenols is 1. The Morgan fingerprint density at radius 1 is 0.711 bits per heavy atom. The van der Waals surface area contributed by atoms with Crippen LogP contribution in [0, 0.1) is 0 Å². The lowest BCUT2D eigenvalue weighted by Crippen LogP contribution is -2.11. The minimum absolute atomic E-state index is 0.0154. The van der Waals surface area contributed by atoms with E-state index in [1.54, 1.807) is 24.3 Å². The van der Waals surface area contributed by atoms with Gasteiger partial charge in [0.15, 0.2) is 11.6 Å². The molecule has 0 amide bonds. The van der Waals surface area contributed by atoms with Gasteiger partial charge in [-0.3, -0.25) is 14.4 Å². The van der Waals surface area contributed by atoms with E-state index >= 15 is 0 Å². The minimum atomic E-state index is -0.841. The molecule has 0 saturated carbocycles. The van der Waals surface area contributed by atoms with Gasteiger partial charge >= 0.3 is 5.97 Å². The summed E-state index contributed by atoms with van der Waals surface area (Å²) in [5, 5.41) is 19.3. The molecule has 208 valence electrons. The van der Waals surface area contributed by atoms with Gasteiger partial charge in [0.05, 0.1) is 30.9 Å². The molecular formula is C30H40O8. The Kier molecular flexibility index (Phi) is 12.6. The van der Waals surface area contributed by atoms with Crippen molar-refractivity contribution < 1.29 is 38.8 Å². The molecule has 0 unspecified atom stereocenters. The van der Waals surface area contributed by atoms with E-state index in [1.165, 1.54) is 13.8 Å². The van der Waals surface area contributed by atoms with Gasteiger partial charge in [0.2, 0.25) is 0 Å². The molecule has 0 saturated heterocycles. The summed E-state index contributed by atoms with van der Waals surface area (Å²) in [5.41, 5.74) is 2.24. The minimum Gasteiger partial charge on any atom is -0.507 e. The number of carbonyl (C=O) groups excluding carboxylic acids is 2. The van der Waals surface area contributed by atoms with E-state index < -0.39 is 5.97 Å². The van der Waals surface area contributed by atoms with E-state index in [0.29, 0.717) is 85.9 Å². The zero-order valence-electron chi connectivity index (χ0n) is 22.9. The molecule has 0 heterocycles. The number of aliphatic carboxylic acids is 1. The van der Waals surface area contributed by atoms with Gasteiger partial charge in [-0.2, -0.15) is 0 Å². The van der Waals surface area contributed by atoms with Crippen LogP contribution >= 0.6 is 0 Å². The normalized spacial score (nSPS) is 10.7. The molecule has 0 spiro atoms. The molecule has 0 radical (unpaired) electrons. The van der Waals surface area contributed by atoms with Crippen LogP contribution in [0.3, 0.4) is 0 Å². The Balaban J connectivity index is 2.06. The largest absolute Gasteiger partial charge is 0.507 e. The van der Waals surface area contributed by atoms with Gasteiger partial charge in [0.25, 0.3) is 0 Å². The molecule has 0 aromatic heterocycles. The fourth-order valence-corrected chi connectivity index (χ4v) is 4.18. The Morgan fingerprint density at radius 2 is 1.24 bits per heavy atom. The fraction of sp³-hybridized carbons (Fsp3) is 0.500. The van der Waals surface area contributed by atoms with Crippen LogP contribution in [-0.4, -0.2) is 47.6 Å². The summed E-state index contributed by atoms with van der Waals surface area (Å²) in [7, 11) is 0. The van der Waals surface area contributed by atoms with Gasteiger partial charge in [-0.1, -0.05) is 26.7 Å². The van der Waals surface area contributed by atoms with E-state index in [2.05, 4.69) is 0 Å². The second-order valence-electron chi connectivity index (χ2n) is 9.22. The number of carboxylic acids is 1. The Morgan fingerprint density at radius 3 is 1.79 bits per heavy atom. The predicted octanol–water partition coefficient (Wildman–Crippen LogP) is 6.18. The van der Waals surface area contributed by atoms with Crippen LogP contribution in [0.1, 0.15) is 98.1 Å². The molecule has 0 bridgehead atoms. The zero-order chi connectivity index (χ0) is 28.1. The number of unbranched alkanes of at least 4 members (excludes halogenated alkanes) is 1. The summed E-state index contributed by atoms with van der Waals surface area (Å²) < 4.78 is 18.0. The number of rotatable bonds is 18. The summed E-state index contributed by atoms with van der Waals surface area (Å²) >= 11 is 0. The van der Waals surface area contributed by atoms with Gasteiger partial charge in [-0.25, -0.2) is 0 Å². The van der Waals surface area contributed by atoms with Crippen molar-refractivity contribution in [2.75, 3.05) is 19.8 Å². The predicted molar refractivity (Wildman–Crippen MR) is 145 cm³/mol. The maximum Gasteiger partial charge on any atom is 0.303 e. The van der Waals surface area contributed by atoms with E-state index in [0.717, 1.165) is 18.4 Å². The standard InChI is InChI=1S/C30H40O8/c1-5-10-24-26(15-13-22(20(3)31)29(24)35)36-18-9-19-37-27-16-14-23(21(4)32)30(25(27)11-6-2)38-17-8-7-12-28(33)34/h13-16,35H,5-12,17-19H2,1-4H3,(H,33,34). The molecule has 0 fully saturated rings. The van der Waals surface area contributed by atoms with Gasteiger partial charge in [-0.15, -0.1) is 0 Å². The van der Waals surface area contributed by atoms with Crippen LogP contribution in [0.4, 0.5) is 0 Å². The van der Waals surface area contributed by atoms with Crippen molar-refractivity contribution >= 4 is 17.5 Å². The first kappa shape index (κ1) is 30.7. The van der Waals surface area contributed by atoms with Crippen molar-refractivity contribution in [3.8, 4) is 23.0 Å². The number of benzene rings is 2. The Bertz CT molecular complexity index is 1110. The van der Waals surface area contributed by atoms with Gasteiger partial charge in [0, 0.05) is 24.0 Å². The second-order valence-corrected chi connectivity index (χ2v) is 9.22. The second kappa shape index (κ2) is 15.6. The summed E-state index contributed by atoms with van der Waals surface area (Å²) in [4.78, 5) is 34.8. The van der Waals surface area contributed by atoms with E-state index in [-0.39, 0.29) is 23.7 Å². The number of hydrogen-bond donors (Lipinski definition) is 2. The maximum absolute atomic E-state index is 12.3. The summed E-state index contributed by atoms with van der Waals surface area (Å²) in [5.74, 6) is 0.559. The molecule has 2 rings (SSSR count). The Labute approximate surface area is 224 Å². The molecule has 2 N–H and O–H groups in total. The third-order valence-corrected chi connectivity index (χ3v) is 6.05. The summed E-state index contributed by atoms with van der Waals surface area (Å²) in [6.07, 6.45) is 4.62. The number of ether oxygens (including phenoxy) is 3. The van der Waals surface area contributed by atoms with Crippen LogP contribution in [0.2, 0.25) is 0 Å². The summed E-state index contributed by atoms with van der Waals surface area (Å²) in [6.45, 7) is 8.00. The highest BCUT2D eigenvalue weighted by atomic mass is 16.5. The molecule has 2 aromatic rings. The number of carbonyl (C=O) groups is 3. The molecule has 0 atom stereocenters. The van der Waals surface area contributed by atoms with Crippen LogP contribution in [0.15, 0.2) is 24.3 Å². The molecule has 2 aromatic carbocycles. The van der Waals surface area contributed by atoms with Crippen LogP contribution in [-0.2, 0) is 17.6 Å². The topological polar surface area (TPSA) is 119 Å². The SMILES string of the molecule is CCCc1c(OCCCOc2ccc(C(C)=O)c(OCCCCC(=O)O)c2CCC)ccc(C(C)=O)c1O. The first-order valence-corrected chi connectivity index (χ1v) is 13.3. The van der Waals surface area contributed by atoms with E-state index in [4.69, 9.17) is 19.3 Å². The average Bonchev–Trinajstić information content (AvgIpc) is 2.86. The molecule has 0 aliphatic heterocycles. The molecule has 0 aliphatic carbocycles. The molecule has 8 nitrogen and oxygen atoms in total. The molecule has 38 heavy (non-hydrogen) atoms. The monoisotopic (exact) mass is 528 g/mol. The molecule has 8 heteroatoms. The van der Waals surface area contributed by atoms with Crippen LogP contribution in [0.25, 0.3) is 0 Å². The first-order chi connectivity index (χ1) is 18.2. The van der Waals surface area contributed by atoms with Gasteiger partial charge < -0.3 is 24.4 Å². The van der Waals surface area contributed by atoms with Crippen molar-refractivity contribution in [1.82, 2.24) is 0 Å². The van der Waals surface area contributed by atoms with Crippen LogP contribution < -0.4 is 14.2 Å². The van der Waals surface area contributed by atoms with Crippen molar-refractivity contribution in [2.24, 2.45) is 0 Å². The lowest BCUT2D eigenvalue weighted by Gasteiger charge is -2.19. The first-order valence-electron chi connectivity index (χ1n) is 13.3. The van der Waals surface area contributed by atoms with Crippen molar-refractivity contribution in [2.45, 2.75) is 79.1 Å². The highest BCUT2D eigenvalue weighted by molar-refractivity contribution is 5.98. The van der Waals surface area contributed by atoms with Gasteiger partial charge in [0.1, 0.15) is 23.0 Å².